The number of carboxylic acid groups (broad SMARTS) is 1. The lowest BCUT2D eigenvalue weighted by Gasteiger charge is -2.42. The predicted molar refractivity (Wildman–Crippen MR) is 94.3 cm³/mol. The van der Waals surface area contributed by atoms with E-state index in [0.717, 1.165) is 51.4 Å². The average molecular weight is 353 g/mol. The molecule has 0 aromatic rings. The number of hydrogen-bond donors (Lipinski definition) is 3. The Labute approximate surface area is 149 Å². The van der Waals surface area contributed by atoms with Crippen LogP contribution < -0.4 is 10.6 Å². The minimum Gasteiger partial charge on any atom is -0.481 e. The molecule has 0 spiro atoms. The van der Waals surface area contributed by atoms with Gasteiger partial charge in [-0.25, -0.2) is 9.59 Å². The molecule has 7 nitrogen and oxygen atoms in total. The highest BCUT2D eigenvalue weighted by Crippen LogP contribution is 2.32. The van der Waals surface area contributed by atoms with Crippen LogP contribution in [0.3, 0.4) is 0 Å². The Morgan fingerprint density at radius 2 is 1.56 bits per heavy atom. The van der Waals surface area contributed by atoms with Crippen LogP contribution in [0.1, 0.15) is 71.1 Å². The molecule has 0 unspecified atom stereocenters. The van der Waals surface area contributed by atoms with Crippen molar-refractivity contribution in [3.8, 4) is 0 Å². The molecule has 2 saturated carbocycles. The van der Waals surface area contributed by atoms with Crippen molar-refractivity contribution in [2.75, 3.05) is 6.54 Å². The average Bonchev–Trinajstić information content (AvgIpc) is 2.57. The Morgan fingerprint density at radius 3 is 2.16 bits per heavy atom. The second-order valence-corrected chi connectivity index (χ2v) is 7.44. The zero-order valence-corrected chi connectivity index (χ0v) is 15.1. The van der Waals surface area contributed by atoms with Crippen molar-refractivity contribution in [3.63, 3.8) is 0 Å². The van der Waals surface area contributed by atoms with Crippen LogP contribution in [0.5, 0.6) is 0 Å². The molecule has 0 radical (unpaired) electrons. The lowest BCUT2D eigenvalue weighted by molar-refractivity contribution is -0.136. The quantitative estimate of drug-likeness (QED) is 0.707. The van der Waals surface area contributed by atoms with Crippen LogP contribution in [-0.2, 0) is 4.79 Å². The SMILES string of the molecule is C[C@H]1CC[C@H](N(C(=O)NC(=O)NCCC(=O)O)C2CCCCC2)CC1. The van der Waals surface area contributed by atoms with E-state index in [9.17, 15) is 14.4 Å². The summed E-state index contributed by atoms with van der Waals surface area (Å²) in [5.41, 5.74) is 0. The number of imide groups is 1. The van der Waals surface area contributed by atoms with Crippen LogP contribution >= 0.6 is 0 Å². The number of nitrogens with one attached hydrogen (secondary N) is 2. The summed E-state index contributed by atoms with van der Waals surface area (Å²) in [7, 11) is 0. The van der Waals surface area contributed by atoms with Crippen LogP contribution in [0.4, 0.5) is 9.59 Å². The first-order valence-corrected chi connectivity index (χ1v) is 9.56. The van der Waals surface area contributed by atoms with Gasteiger partial charge in [0, 0.05) is 18.6 Å². The molecule has 0 atom stereocenters. The van der Waals surface area contributed by atoms with E-state index in [0.29, 0.717) is 5.92 Å². The van der Waals surface area contributed by atoms with Gasteiger partial charge >= 0.3 is 18.0 Å². The Bertz CT molecular complexity index is 469. The van der Waals surface area contributed by atoms with E-state index < -0.39 is 12.0 Å². The van der Waals surface area contributed by atoms with Crippen LogP contribution in [0.25, 0.3) is 0 Å². The molecule has 4 amide bonds. The number of carbonyl (C=O) groups excluding carboxylic acids is 2. The fraction of sp³-hybridized carbons (Fsp3) is 0.833. The van der Waals surface area contributed by atoms with Crippen LogP contribution in [-0.4, -0.2) is 46.7 Å². The summed E-state index contributed by atoms with van der Waals surface area (Å²) in [4.78, 5) is 37.1. The molecule has 0 saturated heterocycles. The Hall–Kier alpha value is -1.79. The fourth-order valence-electron chi connectivity index (χ4n) is 4.00. The zero-order chi connectivity index (χ0) is 18.2. The number of nitrogens with zero attached hydrogens (tertiary/aromatic N) is 1. The fourth-order valence-corrected chi connectivity index (χ4v) is 4.00. The van der Waals surface area contributed by atoms with Gasteiger partial charge in [0.05, 0.1) is 6.42 Å². The van der Waals surface area contributed by atoms with Crippen molar-refractivity contribution in [2.45, 2.75) is 83.2 Å². The maximum absolute atomic E-state index is 12.8. The van der Waals surface area contributed by atoms with E-state index >= 15 is 0 Å². The van der Waals surface area contributed by atoms with E-state index in [2.05, 4.69) is 17.6 Å². The summed E-state index contributed by atoms with van der Waals surface area (Å²) >= 11 is 0. The molecule has 2 aliphatic carbocycles. The van der Waals surface area contributed by atoms with Crippen molar-refractivity contribution >= 4 is 18.0 Å². The number of amides is 4. The Balaban J connectivity index is 1.94. The minimum atomic E-state index is -0.980. The van der Waals surface area contributed by atoms with Gasteiger partial charge in [-0.1, -0.05) is 26.2 Å². The van der Waals surface area contributed by atoms with Gasteiger partial charge in [-0.2, -0.15) is 0 Å². The molecular formula is C18H31N3O4. The largest absolute Gasteiger partial charge is 0.481 e. The molecule has 2 fully saturated rings. The minimum absolute atomic E-state index is 0.0127. The second-order valence-electron chi connectivity index (χ2n) is 7.44. The van der Waals surface area contributed by atoms with Crippen molar-refractivity contribution in [2.24, 2.45) is 5.92 Å². The highest BCUT2D eigenvalue weighted by molar-refractivity contribution is 5.93. The normalized spacial score (nSPS) is 24.4. The maximum Gasteiger partial charge on any atom is 0.325 e. The summed E-state index contributed by atoms with van der Waals surface area (Å²) < 4.78 is 0. The molecule has 0 aromatic heterocycles. The molecule has 0 heterocycles. The molecule has 2 aliphatic rings. The molecular weight excluding hydrogens is 322 g/mol. The molecule has 3 N–H and O–H groups in total. The van der Waals surface area contributed by atoms with Crippen LogP contribution in [0.15, 0.2) is 0 Å². The van der Waals surface area contributed by atoms with Gasteiger partial charge in [0.15, 0.2) is 0 Å². The van der Waals surface area contributed by atoms with Crippen molar-refractivity contribution in [1.82, 2.24) is 15.5 Å². The first-order valence-electron chi connectivity index (χ1n) is 9.56. The number of rotatable bonds is 5. The van der Waals surface area contributed by atoms with Crippen molar-refractivity contribution < 1.29 is 19.5 Å². The monoisotopic (exact) mass is 353 g/mol. The van der Waals surface area contributed by atoms with Gasteiger partial charge < -0.3 is 15.3 Å². The number of urea groups is 2. The zero-order valence-electron chi connectivity index (χ0n) is 15.1. The summed E-state index contributed by atoms with van der Waals surface area (Å²) in [6.45, 7) is 2.26. The molecule has 0 aliphatic heterocycles. The van der Waals surface area contributed by atoms with Gasteiger partial charge in [-0.3, -0.25) is 10.1 Å². The Kier molecular flexibility index (Phi) is 7.52. The maximum atomic E-state index is 12.8. The standard InChI is InChI=1S/C18H31N3O4/c1-13-7-9-15(10-8-13)21(14-5-3-2-4-6-14)18(25)20-17(24)19-12-11-16(22)23/h13-15H,2-12H2,1H3,(H,22,23)(H2,19,20,24,25)/t13-,15-. The van der Waals surface area contributed by atoms with Crippen molar-refractivity contribution in [3.05, 3.63) is 0 Å². The first kappa shape index (κ1) is 19.5. The third kappa shape index (κ3) is 6.21. The van der Waals surface area contributed by atoms with E-state index in [1.807, 2.05) is 4.90 Å². The lowest BCUT2D eigenvalue weighted by Crippen LogP contribution is -2.55. The molecule has 0 bridgehead atoms. The van der Waals surface area contributed by atoms with Gasteiger partial charge in [0.25, 0.3) is 0 Å². The topological polar surface area (TPSA) is 98.7 Å². The predicted octanol–water partition coefficient (Wildman–Crippen LogP) is 3.09. The highest BCUT2D eigenvalue weighted by Gasteiger charge is 2.34. The third-order valence-electron chi connectivity index (χ3n) is 5.43. The molecule has 25 heavy (non-hydrogen) atoms. The van der Waals surface area contributed by atoms with E-state index in [1.165, 1.54) is 6.42 Å². The third-order valence-corrected chi connectivity index (χ3v) is 5.43. The highest BCUT2D eigenvalue weighted by atomic mass is 16.4. The summed E-state index contributed by atoms with van der Waals surface area (Å²) in [6.07, 6.45) is 9.53. The lowest BCUT2D eigenvalue weighted by atomic mass is 9.84. The Morgan fingerprint density at radius 1 is 0.960 bits per heavy atom. The smallest absolute Gasteiger partial charge is 0.325 e. The van der Waals surface area contributed by atoms with Gasteiger partial charge in [-0.05, 0) is 44.4 Å². The number of hydrogen-bond acceptors (Lipinski definition) is 3. The first-order chi connectivity index (χ1) is 12.0. The van der Waals surface area contributed by atoms with Gasteiger partial charge in [0.1, 0.15) is 0 Å². The molecule has 0 aromatic carbocycles. The summed E-state index contributed by atoms with van der Waals surface area (Å²) in [6, 6.07) is -0.541. The van der Waals surface area contributed by atoms with Gasteiger partial charge in [0.2, 0.25) is 0 Å². The van der Waals surface area contributed by atoms with E-state index in [-0.39, 0.29) is 31.1 Å². The molecule has 142 valence electrons. The number of carbonyl (C=O) groups is 3. The number of carboxylic acids is 1. The van der Waals surface area contributed by atoms with E-state index in [4.69, 9.17) is 5.11 Å². The number of aliphatic carboxylic acids is 1. The van der Waals surface area contributed by atoms with Gasteiger partial charge in [-0.15, -0.1) is 0 Å². The summed E-state index contributed by atoms with van der Waals surface area (Å²) in [5.74, 6) is -0.279. The second kappa shape index (κ2) is 9.63. The molecule has 7 heteroatoms. The molecule has 2 rings (SSSR count). The van der Waals surface area contributed by atoms with Crippen LogP contribution in [0.2, 0.25) is 0 Å². The van der Waals surface area contributed by atoms with Crippen LogP contribution in [0, 0.1) is 5.92 Å². The van der Waals surface area contributed by atoms with Crippen molar-refractivity contribution in [1.29, 1.82) is 0 Å². The summed E-state index contributed by atoms with van der Waals surface area (Å²) in [5, 5.41) is 13.4. The van der Waals surface area contributed by atoms with E-state index in [1.54, 1.807) is 0 Å².